The Morgan fingerprint density at radius 2 is 1.86 bits per heavy atom. The number of benzene rings is 1. The van der Waals surface area contributed by atoms with Gasteiger partial charge in [-0.05, 0) is 18.1 Å². The lowest BCUT2D eigenvalue weighted by Gasteiger charge is -1.98. The molecule has 0 spiro atoms. The largest absolute Gasteiger partial charge is 0.396 e. The Hall–Kier alpha value is -2.61. The topological polar surface area (TPSA) is 105 Å². The molecule has 0 amide bonds. The van der Waals surface area contributed by atoms with E-state index in [1.165, 1.54) is 0 Å². The van der Waals surface area contributed by atoms with Crippen molar-refractivity contribution in [2.45, 2.75) is 19.4 Å². The first-order chi connectivity index (χ1) is 10.4. The van der Waals surface area contributed by atoms with E-state index in [0.29, 0.717) is 5.82 Å². The number of nitrogens with zero attached hydrogens (tertiary/aromatic N) is 6. The van der Waals surface area contributed by atoms with Crippen LogP contribution in [0.1, 0.15) is 12.8 Å². The summed E-state index contributed by atoms with van der Waals surface area (Å²) in [6.07, 6.45) is 3.56. The van der Waals surface area contributed by atoms with Crippen LogP contribution in [-0.2, 0) is 6.54 Å². The second-order valence-corrected chi connectivity index (χ2v) is 4.61. The van der Waals surface area contributed by atoms with Crippen molar-refractivity contribution in [2.24, 2.45) is 0 Å². The molecule has 8 heteroatoms. The number of rotatable bonds is 6. The number of nitrogens with one attached hydrogen (secondary N) is 1. The molecule has 0 bridgehead atoms. The number of hydrogen-bond acceptors (Lipinski definition) is 6. The van der Waals surface area contributed by atoms with E-state index in [1.54, 1.807) is 4.68 Å². The zero-order valence-corrected chi connectivity index (χ0v) is 11.3. The summed E-state index contributed by atoms with van der Waals surface area (Å²) in [7, 11) is 0. The highest BCUT2D eigenvalue weighted by atomic mass is 16.2. The van der Waals surface area contributed by atoms with Gasteiger partial charge in [-0.15, -0.1) is 15.3 Å². The third-order valence-corrected chi connectivity index (χ3v) is 3.12. The molecular formula is C13H15N7O. The van der Waals surface area contributed by atoms with Crippen molar-refractivity contribution in [1.82, 2.24) is 35.6 Å². The highest BCUT2D eigenvalue weighted by molar-refractivity contribution is 5.64. The van der Waals surface area contributed by atoms with Crippen LogP contribution in [0.3, 0.4) is 0 Å². The Kier molecular flexibility index (Phi) is 3.97. The molecule has 0 aliphatic carbocycles. The molecule has 0 saturated carbocycles. The van der Waals surface area contributed by atoms with E-state index >= 15 is 0 Å². The maximum Gasteiger partial charge on any atom is 0.204 e. The third kappa shape index (κ3) is 3.11. The molecule has 21 heavy (non-hydrogen) atoms. The SMILES string of the molecule is OCCCCn1cc(-c2ccc(-c3nn[nH]n3)cc2)nn1. The van der Waals surface area contributed by atoms with E-state index in [0.717, 1.165) is 36.2 Å². The molecule has 0 aliphatic rings. The summed E-state index contributed by atoms with van der Waals surface area (Å²) in [6.45, 7) is 0.966. The predicted octanol–water partition coefficient (Wildman–Crippen LogP) is 0.898. The number of tetrazole rings is 1. The molecule has 0 aliphatic heterocycles. The van der Waals surface area contributed by atoms with Gasteiger partial charge in [-0.2, -0.15) is 5.21 Å². The molecule has 108 valence electrons. The zero-order valence-electron chi connectivity index (χ0n) is 11.3. The summed E-state index contributed by atoms with van der Waals surface area (Å²) in [4.78, 5) is 0. The van der Waals surface area contributed by atoms with Gasteiger partial charge in [0.15, 0.2) is 0 Å². The maximum absolute atomic E-state index is 8.77. The lowest BCUT2D eigenvalue weighted by Crippen LogP contribution is -1.99. The van der Waals surface area contributed by atoms with Crippen molar-refractivity contribution >= 4 is 0 Å². The molecule has 2 aromatic heterocycles. The van der Waals surface area contributed by atoms with Gasteiger partial charge in [0.1, 0.15) is 5.69 Å². The molecule has 2 heterocycles. The number of aliphatic hydroxyl groups is 1. The van der Waals surface area contributed by atoms with Crippen LogP contribution >= 0.6 is 0 Å². The van der Waals surface area contributed by atoms with Gasteiger partial charge in [0, 0.05) is 24.3 Å². The van der Waals surface area contributed by atoms with Crippen molar-refractivity contribution in [3.05, 3.63) is 30.5 Å². The van der Waals surface area contributed by atoms with E-state index in [1.807, 2.05) is 30.5 Å². The van der Waals surface area contributed by atoms with Crippen LogP contribution in [0.4, 0.5) is 0 Å². The van der Waals surface area contributed by atoms with Gasteiger partial charge in [-0.3, -0.25) is 4.68 Å². The molecule has 1 aromatic carbocycles. The Labute approximate surface area is 120 Å². The monoisotopic (exact) mass is 285 g/mol. The minimum atomic E-state index is 0.207. The first kappa shape index (κ1) is 13.4. The van der Waals surface area contributed by atoms with Crippen LogP contribution in [0.5, 0.6) is 0 Å². The van der Waals surface area contributed by atoms with Crippen LogP contribution in [0, 0.1) is 0 Å². The highest BCUT2D eigenvalue weighted by Gasteiger charge is 2.06. The molecule has 0 fully saturated rings. The second kappa shape index (κ2) is 6.23. The number of hydrogen-bond donors (Lipinski definition) is 2. The first-order valence-corrected chi connectivity index (χ1v) is 6.72. The molecular weight excluding hydrogens is 270 g/mol. The quantitative estimate of drug-likeness (QED) is 0.652. The van der Waals surface area contributed by atoms with Gasteiger partial charge in [0.25, 0.3) is 0 Å². The molecule has 8 nitrogen and oxygen atoms in total. The van der Waals surface area contributed by atoms with Crippen molar-refractivity contribution in [3.63, 3.8) is 0 Å². The Balaban J connectivity index is 1.72. The van der Waals surface area contributed by atoms with E-state index in [9.17, 15) is 0 Å². The fourth-order valence-electron chi connectivity index (χ4n) is 2.00. The van der Waals surface area contributed by atoms with Crippen LogP contribution in [0.25, 0.3) is 22.6 Å². The number of unbranched alkanes of at least 4 members (excludes halogenated alkanes) is 1. The number of aromatic nitrogens is 7. The second-order valence-electron chi connectivity index (χ2n) is 4.61. The van der Waals surface area contributed by atoms with E-state index < -0.39 is 0 Å². The summed E-state index contributed by atoms with van der Waals surface area (Å²) in [6, 6.07) is 7.75. The van der Waals surface area contributed by atoms with E-state index in [-0.39, 0.29) is 6.61 Å². The predicted molar refractivity (Wildman–Crippen MR) is 74.9 cm³/mol. The molecule has 0 radical (unpaired) electrons. The third-order valence-electron chi connectivity index (χ3n) is 3.12. The molecule has 0 atom stereocenters. The van der Waals surface area contributed by atoms with Gasteiger partial charge >= 0.3 is 0 Å². The van der Waals surface area contributed by atoms with Gasteiger partial charge < -0.3 is 5.11 Å². The zero-order chi connectivity index (χ0) is 14.5. The van der Waals surface area contributed by atoms with Gasteiger partial charge in [-0.25, -0.2) is 0 Å². The fourth-order valence-corrected chi connectivity index (χ4v) is 2.00. The lowest BCUT2D eigenvalue weighted by atomic mass is 10.1. The average molecular weight is 285 g/mol. The van der Waals surface area contributed by atoms with Crippen LogP contribution in [0.15, 0.2) is 30.5 Å². The fraction of sp³-hybridized carbons (Fsp3) is 0.308. The Morgan fingerprint density at radius 1 is 1.05 bits per heavy atom. The lowest BCUT2D eigenvalue weighted by molar-refractivity contribution is 0.280. The molecule has 0 unspecified atom stereocenters. The Bertz CT molecular complexity index is 675. The molecule has 3 aromatic rings. The maximum atomic E-state index is 8.77. The normalized spacial score (nSPS) is 10.9. The number of H-pyrrole nitrogens is 1. The molecule has 3 rings (SSSR count). The van der Waals surface area contributed by atoms with Gasteiger partial charge in [-0.1, -0.05) is 29.5 Å². The standard InChI is InChI=1S/C13H15N7O/c21-8-2-1-7-20-9-12(14-19-20)10-3-5-11(6-4-10)13-15-17-18-16-13/h3-6,9,21H,1-2,7-8H2,(H,15,16,17,18). The summed E-state index contributed by atoms with van der Waals surface area (Å²) >= 11 is 0. The minimum Gasteiger partial charge on any atom is -0.396 e. The minimum absolute atomic E-state index is 0.207. The number of aliphatic hydroxyl groups excluding tert-OH is 1. The smallest absolute Gasteiger partial charge is 0.204 e. The van der Waals surface area contributed by atoms with Gasteiger partial charge in [0.05, 0.1) is 6.20 Å². The van der Waals surface area contributed by atoms with Crippen LogP contribution in [-0.4, -0.2) is 47.3 Å². The van der Waals surface area contributed by atoms with Crippen molar-refractivity contribution in [3.8, 4) is 22.6 Å². The van der Waals surface area contributed by atoms with Crippen molar-refractivity contribution in [1.29, 1.82) is 0 Å². The van der Waals surface area contributed by atoms with Crippen LogP contribution in [0.2, 0.25) is 0 Å². The average Bonchev–Trinajstić information content (AvgIpc) is 3.20. The van der Waals surface area contributed by atoms with Crippen LogP contribution < -0.4 is 0 Å². The first-order valence-electron chi connectivity index (χ1n) is 6.72. The summed E-state index contributed by atoms with van der Waals surface area (Å²) in [5.74, 6) is 0.564. The number of aryl methyl sites for hydroxylation is 1. The van der Waals surface area contributed by atoms with Gasteiger partial charge in [0.2, 0.25) is 5.82 Å². The summed E-state index contributed by atoms with van der Waals surface area (Å²) in [5, 5.41) is 30.8. The van der Waals surface area contributed by atoms with E-state index in [2.05, 4.69) is 30.9 Å². The number of aromatic amines is 1. The Morgan fingerprint density at radius 3 is 2.57 bits per heavy atom. The van der Waals surface area contributed by atoms with Crippen molar-refractivity contribution < 1.29 is 5.11 Å². The van der Waals surface area contributed by atoms with Crippen molar-refractivity contribution in [2.75, 3.05) is 6.61 Å². The summed E-state index contributed by atoms with van der Waals surface area (Å²) < 4.78 is 1.79. The van der Waals surface area contributed by atoms with E-state index in [4.69, 9.17) is 5.11 Å². The highest BCUT2D eigenvalue weighted by Crippen LogP contribution is 2.20. The summed E-state index contributed by atoms with van der Waals surface area (Å²) in [5.41, 5.74) is 2.69. The molecule has 0 saturated heterocycles. The molecule has 2 N–H and O–H groups in total.